The maximum atomic E-state index is 12.3. The minimum Gasteiger partial charge on any atom is -0.325 e. The fraction of sp³-hybridized carbons (Fsp3) is 0.562. The van der Waals surface area contributed by atoms with Crippen LogP contribution in [0.15, 0.2) is 24.3 Å². The molecule has 0 radical (unpaired) electrons. The maximum Gasteiger partial charge on any atom is 0.227 e. The summed E-state index contributed by atoms with van der Waals surface area (Å²) in [7, 11) is -2.38. The van der Waals surface area contributed by atoms with E-state index in [1.807, 2.05) is 31.2 Å². The minimum atomic E-state index is -2.38. The van der Waals surface area contributed by atoms with E-state index >= 15 is 0 Å². The van der Waals surface area contributed by atoms with Gasteiger partial charge in [-0.25, -0.2) is 0 Å². The van der Waals surface area contributed by atoms with Gasteiger partial charge in [-0.1, -0.05) is 38.3 Å². The molecule has 0 aromatic heterocycles. The molecule has 1 aliphatic rings. The van der Waals surface area contributed by atoms with Crippen molar-refractivity contribution in [2.45, 2.75) is 32.6 Å². The molecule has 1 saturated carbocycles. The molecule has 1 unspecified atom stereocenters. The molecule has 1 N–H and O–H groups in total. The highest BCUT2D eigenvalue weighted by Crippen LogP contribution is 2.38. The van der Waals surface area contributed by atoms with Gasteiger partial charge >= 0.3 is 0 Å². The van der Waals surface area contributed by atoms with Gasteiger partial charge < -0.3 is 9.88 Å². The number of benzene rings is 1. The van der Waals surface area contributed by atoms with Gasteiger partial charge in [-0.05, 0) is 37.8 Å². The quantitative estimate of drug-likeness (QED) is 0.841. The molecule has 1 aromatic carbocycles. The van der Waals surface area contributed by atoms with Gasteiger partial charge in [-0.3, -0.25) is 4.79 Å². The van der Waals surface area contributed by atoms with Crippen LogP contribution in [0.25, 0.3) is 0 Å². The zero-order valence-corrected chi connectivity index (χ0v) is 13.5. The van der Waals surface area contributed by atoms with Crippen molar-refractivity contribution in [3.63, 3.8) is 0 Å². The third-order valence-electron chi connectivity index (χ3n) is 4.10. The summed E-state index contributed by atoms with van der Waals surface area (Å²) in [5, 5.41) is 3.71. The first-order valence-electron chi connectivity index (χ1n) is 7.33. The average Bonchev–Trinajstić information content (AvgIpc) is 2.32. The first-order valence-corrected chi connectivity index (χ1v) is 9.93. The van der Waals surface area contributed by atoms with Gasteiger partial charge in [0, 0.05) is 11.2 Å². The molecule has 1 aliphatic carbocycles. The Balaban J connectivity index is 2.05. The molecule has 20 heavy (non-hydrogen) atoms. The molecule has 1 fully saturated rings. The highest BCUT2D eigenvalue weighted by molar-refractivity contribution is 7.70. The Bertz CT molecular complexity index is 531. The van der Waals surface area contributed by atoms with Crippen molar-refractivity contribution >= 4 is 24.0 Å². The van der Waals surface area contributed by atoms with Crippen molar-refractivity contribution in [3.8, 4) is 0 Å². The Morgan fingerprint density at radius 3 is 2.55 bits per heavy atom. The Hall–Kier alpha value is -1.08. The zero-order valence-electron chi connectivity index (χ0n) is 12.6. The molecule has 1 aromatic rings. The highest BCUT2D eigenvalue weighted by Gasteiger charge is 2.24. The normalized spacial score (nSPS) is 17.4. The summed E-state index contributed by atoms with van der Waals surface area (Å²) < 4.78 is 12.3. The van der Waals surface area contributed by atoms with E-state index in [2.05, 4.69) is 5.32 Å². The molecular formula is C16H24NO2P. The summed E-state index contributed by atoms with van der Waals surface area (Å²) in [6.07, 6.45) is 4.78. The molecule has 0 heterocycles. The average molecular weight is 293 g/mol. The third kappa shape index (κ3) is 3.73. The molecule has 0 saturated heterocycles. The second-order valence-corrected chi connectivity index (χ2v) is 9.47. The van der Waals surface area contributed by atoms with Crippen LogP contribution < -0.4 is 10.6 Å². The molecule has 110 valence electrons. The van der Waals surface area contributed by atoms with Gasteiger partial charge in [0.15, 0.2) is 0 Å². The lowest BCUT2D eigenvalue weighted by Gasteiger charge is -2.27. The van der Waals surface area contributed by atoms with Crippen LogP contribution in [-0.2, 0) is 9.36 Å². The van der Waals surface area contributed by atoms with Crippen molar-refractivity contribution in [1.82, 2.24) is 0 Å². The number of hydrogen-bond donors (Lipinski definition) is 1. The molecule has 1 amide bonds. The predicted octanol–water partition coefficient (Wildman–Crippen LogP) is 3.70. The molecule has 2 rings (SSSR count). The van der Waals surface area contributed by atoms with Gasteiger partial charge in [-0.2, -0.15) is 0 Å². The SMILES string of the molecule is CC(CC1CCC1)C(=O)Nc1ccccc1P(C)(C)=O. The van der Waals surface area contributed by atoms with E-state index in [1.54, 1.807) is 13.3 Å². The van der Waals surface area contributed by atoms with Crippen LogP contribution in [0.4, 0.5) is 5.69 Å². The number of nitrogens with one attached hydrogen (secondary N) is 1. The number of carbonyl (C=O) groups excluding carboxylic acids is 1. The van der Waals surface area contributed by atoms with Crippen molar-refractivity contribution in [1.29, 1.82) is 0 Å². The molecule has 4 heteroatoms. The second kappa shape index (κ2) is 6.13. The van der Waals surface area contributed by atoms with E-state index in [0.29, 0.717) is 5.69 Å². The van der Waals surface area contributed by atoms with Crippen LogP contribution in [0.2, 0.25) is 0 Å². The third-order valence-corrected chi connectivity index (χ3v) is 5.65. The van der Waals surface area contributed by atoms with Gasteiger partial charge in [0.2, 0.25) is 5.91 Å². The molecule has 3 nitrogen and oxygen atoms in total. The lowest BCUT2D eigenvalue weighted by molar-refractivity contribution is -0.120. The summed E-state index contributed by atoms with van der Waals surface area (Å²) in [5.74, 6) is 0.772. The summed E-state index contributed by atoms with van der Waals surface area (Å²) in [5.41, 5.74) is 0.700. The van der Waals surface area contributed by atoms with Crippen LogP contribution >= 0.6 is 7.14 Å². The minimum absolute atomic E-state index is 0.0152. The first-order chi connectivity index (χ1) is 9.38. The molecule has 0 aliphatic heterocycles. The van der Waals surface area contributed by atoms with Crippen molar-refractivity contribution in [3.05, 3.63) is 24.3 Å². The molecular weight excluding hydrogens is 269 g/mol. The fourth-order valence-electron chi connectivity index (χ4n) is 2.64. The van der Waals surface area contributed by atoms with E-state index in [1.165, 1.54) is 19.3 Å². The van der Waals surface area contributed by atoms with E-state index in [4.69, 9.17) is 0 Å². The second-order valence-electron chi connectivity index (χ2n) is 6.29. The van der Waals surface area contributed by atoms with Crippen LogP contribution in [0.5, 0.6) is 0 Å². The Labute approximate surface area is 121 Å². The Kier molecular flexibility index (Phi) is 4.70. The van der Waals surface area contributed by atoms with Crippen molar-refractivity contribution < 1.29 is 9.36 Å². The summed E-state index contributed by atoms with van der Waals surface area (Å²) in [6, 6.07) is 7.41. The predicted molar refractivity (Wildman–Crippen MR) is 85.3 cm³/mol. The van der Waals surface area contributed by atoms with Crippen molar-refractivity contribution in [2.75, 3.05) is 18.6 Å². The van der Waals surface area contributed by atoms with Gasteiger partial charge in [0.05, 0.1) is 5.69 Å². The van der Waals surface area contributed by atoms with Crippen LogP contribution in [0, 0.1) is 11.8 Å². The topological polar surface area (TPSA) is 46.2 Å². The monoisotopic (exact) mass is 293 g/mol. The fourth-order valence-corrected chi connectivity index (χ4v) is 3.80. The molecule has 0 bridgehead atoms. The van der Waals surface area contributed by atoms with Crippen LogP contribution in [0.1, 0.15) is 32.6 Å². The highest BCUT2D eigenvalue weighted by atomic mass is 31.2. The number of carbonyl (C=O) groups is 1. The van der Waals surface area contributed by atoms with Crippen LogP contribution in [-0.4, -0.2) is 19.2 Å². The number of amides is 1. The summed E-state index contributed by atoms with van der Waals surface area (Å²) >= 11 is 0. The number of rotatable bonds is 5. The number of hydrogen-bond acceptors (Lipinski definition) is 2. The Morgan fingerprint density at radius 2 is 2.00 bits per heavy atom. The van der Waals surface area contributed by atoms with Crippen LogP contribution in [0.3, 0.4) is 0 Å². The van der Waals surface area contributed by atoms with Crippen molar-refractivity contribution in [2.24, 2.45) is 11.8 Å². The lowest BCUT2D eigenvalue weighted by atomic mass is 9.79. The first kappa shape index (κ1) is 15.3. The molecule has 1 atom stereocenters. The largest absolute Gasteiger partial charge is 0.325 e. The van der Waals surface area contributed by atoms with E-state index in [-0.39, 0.29) is 11.8 Å². The summed E-state index contributed by atoms with van der Waals surface area (Å²) in [4.78, 5) is 12.3. The summed E-state index contributed by atoms with van der Waals surface area (Å²) in [6.45, 7) is 5.44. The smallest absolute Gasteiger partial charge is 0.227 e. The standard InChI is InChI=1S/C16H24NO2P/c1-12(11-13-7-6-8-13)16(18)17-14-9-4-5-10-15(14)20(2,3)19/h4-5,9-10,12-13H,6-8,11H2,1-3H3,(H,17,18). The molecule has 0 spiro atoms. The van der Waals surface area contributed by atoms with Gasteiger partial charge in [0.1, 0.15) is 7.14 Å². The maximum absolute atomic E-state index is 12.3. The number of para-hydroxylation sites is 1. The van der Waals surface area contributed by atoms with E-state index in [0.717, 1.165) is 17.6 Å². The van der Waals surface area contributed by atoms with E-state index in [9.17, 15) is 9.36 Å². The van der Waals surface area contributed by atoms with Gasteiger partial charge in [0.25, 0.3) is 0 Å². The van der Waals surface area contributed by atoms with E-state index < -0.39 is 7.14 Å². The number of anilines is 1. The van der Waals surface area contributed by atoms with Gasteiger partial charge in [-0.15, -0.1) is 0 Å². The lowest BCUT2D eigenvalue weighted by Crippen LogP contribution is -2.27. The zero-order chi connectivity index (χ0) is 14.8. The Morgan fingerprint density at radius 1 is 1.35 bits per heavy atom.